The highest BCUT2D eigenvalue weighted by atomic mass is 32.2. The molecule has 2 nitrogen and oxygen atoms in total. The van der Waals surface area contributed by atoms with Crippen molar-refractivity contribution in [3.63, 3.8) is 0 Å². The molecule has 2 heterocycles. The summed E-state index contributed by atoms with van der Waals surface area (Å²) in [6.07, 6.45) is 9.02. The van der Waals surface area contributed by atoms with Gasteiger partial charge in [-0.25, -0.2) is 4.39 Å². The van der Waals surface area contributed by atoms with E-state index in [9.17, 15) is 4.39 Å². The first-order chi connectivity index (χ1) is 13.0. The fraction of sp³-hybridized carbons (Fsp3) is 0.478. The van der Waals surface area contributed by atoms with Crippen molar-refractivity contribution in [1.82, 2.24) is 9.47 Å². The lowest BCUT2D eigenvalue weighted by atomic mass is 10.1. The van der Waals surface area contributed by atoms with Crippen LogP contribution in [0.15, 0.2) is 47.7 Å². The number of rotatable bonds is 7. The molecule has 2 aromatic rings. The van der Waals surface area contributed by atoms with Gasteiger partial charge < -0.3 is 4.57 Å². The van der Waals surface area contributed by atoms with Gasteiger partial charge in [-0.15, -0.1) is 0 Å². The van der Waals surface area contributed by atoms with Gasteiger partial charge in [0.15, 0.2) is 0 Å². The van der Waals surface area contributed by atoms with Gasteiger partial charge in [-0.1, -0.05) is 23.3 Å². The number of nitrogens with zero attached hydrogens (tertiary/aromatic N) is 2. The second-order valence-electron chi connectivity index (χ2n) is 7.73. The standard InChI is InChI=1S/C23H31FN2S/c1-18(2)5-4-6-19(3)9-10-26-17-20(16-25-11-13-27-14-12-25)22-15-21(24)7-8-23(22)26/h5,7-9,15,17H,4,6,10-14,16H2,1-3H3/b19-9+. The minimum absolute atomic E-state index is 0.149. The van der Waals surface area contributed by atoms with Crippen LogP contribution in [0.5, 0.6) is 0 Å². The average Bonchev–Trinajstić information content (AvgIpc) is 2.97. The molecule has 1 aromatic carbocycles. The summed E-state index contributed by atoms with van der Waals surface area (Å²) in [5.74, 6) is 2.24. The Balaban J connectivity index is 1.77. The molecule has 4 heteroatoms. The highest BCUT2D eigenvalue weighted by Gasteiger charge is 2.15. The topological polar surface area (TPSA) is 8.17 Å². The lowest BCUT2D eigenvalue weighted by Crippen LogP contribution is -2.31. The van der Waals surface area contributed by atoms with Crippen molar-refractivity contribution in [2.75, 3.05) is 24.6 Å². The number of thioether (sulfide) groups is 1. The Morgan fingerprint density at radius 1 is 1.15 bits per heavy atom. The molecule has 3 rings (SSSR count). The summed E-state index contributed by atoms with van der Waals surface area (Å²) in [6.45, 7) is 10.5. The number of aromatic nitrogens is 1. The zero-order valence-corrected chi connectivity index (χ0v) is 17.6. The van der Waals surface area contributed by atoms with E-state index in [0.29, 0.717) is 0 Å². The third-order valence-corrected chi connectivity index (χ3v) is 6.09. The second kappa shape index (κ2) is 9.61. The summed E-state index contributed by atoms with van der Waals surface area (Å²) >= 11 is 2.02. The van der Waals surface area contributed by atoms with E-state index in [2.05, 4.69) is 48.6 Å². The molecule has 1 aliphatic heterocycles. The average molecular weight is 387 g/mol. The summed E-state index contributed by atoms with van der Waals surface area (Å²) in [5, 5.41) is 1.06. The Hall–Kier alpha value is -1.52. The Bertz CT molecular complexity index is 824. The highest BCUT2D eigenvalue weighted by Crippen LogP contribution is 2.25. The van der Waals surface area contributed by atoms with Gasteiger partial charge in [0.05, 0.1) is 0 Å². The molecule has 1 saturated heterocycles. The largest absolute Gasteiger partial charge is 0.343 e. The molecule has 0 atom stereocenters. The van der Waals surface area contributed by atoms with Crippen molar-refractivity contribution in [3.8, 4) is 0 Å². The molecule has 0 unspecified atom stereocenters. The van der Waals surface area contributed by atoms with Crippen LogP contribution in [0.25, 0.3) is 10.9 Å². The first-order valence-electron chi connectivity index (χ1n) is 9.89. The van der Waals surface area contributed by atoms with Crippen molar-refractivity contribution in [1.29, 1.82) is 0 Å². The number of halogens is 1. The van der Waals surface area contributed by atoms with Crippen LogP contribution in [0, 0.1) is 5.82 Å². The molecule has 0 aliphatic carbocycles. The smallest absolute Gasteiger partial charge is 0.123 e. The lowest BCUT2D eigenvalue weighted by Gasteiger charge is -2.25. The zero-order chi connectivity index (χ0) is 19.2. The van der Waals surface area contributed by atoms with E-state index in [1.54, 1.807) is 12.1 Å². The van der Waals surface area contributed by atoms with E-state index in [4.69, 9.17) is 0 Å². The second-order valence-corrected chi connectivity index (χ2v) is 8.95. The molecule has 0 bridgehead atoms. The first-order valence-corrected chi connectivity index (χ1v) is 11.0. The molecule has 0 radical (unpaired) electrons. The van der Waals surface area contributed by atoms with Gasteiger partial charge >= 0.3 is 0 Å². The maximum Gasteiger partial charge on any atom is 0.123 e. The molecule has 0 spiro atoms. The van der Waals surface area contributed by atoms with Crippen molar-refractivity contribution >= 4 is 22.7 Å². The van der Waals surface area contributed by atoms with Crippen molar-refractivity contribution in [2.24, 2.45) is 0 Å². The van der Waals surface area contributed by atoms with Crippen LogP contribution < -0.4 is 0 Å². The quantitative estimate of drug-likeness (QED) is 0.538. The van der Waals surface area contributed by atoms with Gasteiger partial charge in [0.1, 0.15) is 5.82 Å². The van der Waals surface area contributed by atoms with E-state index in [0.717, 1.165) is 49.9 Å². The maximum absolute atomic E-state index is 13.9. The number of benzene rings is 1. The van der Waals surface area contributed by atoms with Gasteiger partial charge in [-0.2, -0.15) is 11.8 Å². The number of allylic oxidation sites excluding steroid dienone is 4. The zero-order valence-electron chi connectivity index (χ0n) is 16.8. The summed E-state index contributed by atoms with van der Waals surface area (Å²) in [4.78, 5) is 2.49. The summed E-state index contributed by atoms with van der Waals surface area (Å²) in [6, 6.07) is 5.20. The molecule has 146 valence electrons. The SMILES string of the molecule is CC(C)=CCC/C(C)=C/Cn1cc(CN2CCSCC2)c2cc(F)ccc21. The van der Waals surface area contributed by atoms with Gasteiger partial charge in [0.2, 0.25) is 0 Å². The van der Waals surface area contributed by atoms with Crippen LogP contribution in [-0.2, 0) is 13.1 Å². The molecule has 0 amide bonds. The highest BCUT2D eigenvalue weighted by molar-refractivity contribution is 7.99. The van der Waals surface area contributed by atoms with Gasteiger partial charge in [0.25, 0.3) is 0 Å². The first kappa shape index (κ1) is 20.2. The summed E-state index contributed by atoms with van der Waals surface area (Å²) in [5.41, 5.74) is 5.16. The predicted octanol–water partition coefficient (Wildman–Crippen LogP) is 6.02. The van der Waals surface area contributed by atoms with E-state index in [1.807, 2.05) is 17.8 Å². The molecule has 27 heavy (non-hydrogen) atoms. The summed E-state index contributed by atoms with van der Waals surface area (Å²) in [7, 11) is 0. The minimum Gasteiger partial charge on any atom is -0.343 e. The maximum atomic E-state index is 13.9. The third-order valence-electron chi connectivity index (χ3n) is 5.15. The van der Waals surface area contributed by atoms with Crippen LogP contribution in [0.4, 0.5) is 4.39 Å². The summed E-state index contributed by atoms with van der Waals surface area (Å²) < 4.78 is 16.2. The number of fused-ring (bicyclic) bond motifs is 1. The Labute approximate surface area is 167 Å². The van der Waals surface area contributed by atoms with Crippen molar-refractivity contribution in [3.05, 3.63) is 59.1 Å². The number of hydrogen-bond donors (Lipinski definition) is 0. The van der Waals surface area contributed by atoms with E-state index < -0.39 is 0 Å². The fourth-order valence-corrected chi connectivity index (χ4v) is 4.54. The lowest BCUT2D eigenvalue weighted by molar-refractivity contribution is 0.295. The third kappa shape index (κ3) is 5.73. The molecular weight excluding hydrogens is 355 g/mol. The van der Waals surface area contributed by atoms with Crippen LogP contribution in [0.3, 0.4) is 0 Å². The Kier molecular flexibility index (Phi) is 7.20. The molecule has 1 aromatic heterocycles. The van der Waals surface area contributed by atoms with Crippen LogP contribution >= 0.6 is 11.8 Å². The molecule has 1 aliphatic rings. The van der Waals surface area contributed by atoms with Gasteiger partial charge in [0, 0.05) is 54.8 Å². The van der Waals surface area contributed by atoms with E-state index in [-0.39, 0.29) is 5.82 Å². The molecule has 0 saturated carbocycles. The minimum atomic E-state index is -0.149. The van der Waals surface area contributed by atoms with E-state index >= 15 is 0 Å². The number of hydrogen-bond acceptors (Lipinski definition) is 2. The Morgan fingerprint density at radius 3 is 2.67 bits per heavy atom. The van der Waals surface area contributed by atoms with Crippen LogP contribution in [-0.4, -0.2) is 34.1 Å². The molecule has 1 fully saturated rings. The van der Waals surface area contributed by atoms with E-state index in [1.165, 1.54) is 28.2 Å². The van der Waals surface area contributed by atoms with Gasteiger partial charge in [-0.3, -0.25) is 4.90 Å². The molecular formula is C23H31FN2S. The normalized spacial score (nSPS) is 16.1. The van der Waals surface area contributed by atoms with Crippen molar-refractivity contribution in [2.45, 2.75) is 46.7 Å². The van der Waals surface area contributed by atoms with Gasteiger partial charge in [-0.05, 0) is 57.4 Å². The van der Waals surface area contributed by atoms with Crippen molar-refractivity contribution < 1.29 is 4.39 Å². The van der Waals surface area contributed by atoms with Crippen LogP contribution in [0.2, 0.25) is 0 Å². The van der Waals surface area contributed by atoms with Crippen LogP contribution in [0.1, 0.15) is 39.2 Å². The predicted molar refractivity (Wildman–Crippen MR) is 117 cm³/mol. The fourth-order valence-electron chi connectivity index (χ4n) is 3.57. The molecule has 0 N–H and O–H groups in total. The monoisotopic (exact) mass is 386 g/mol. The Morgan fingerprint density at radius 2 is 1.93 bits per heavy atom.